The van der Waals surface area contributed by atoms with Crippen molar-refractivity contribution in [3.8, 4) is 5.88 Å². The summed E-state index contributed by atoms with van der Waals surface area (Å²) in [7, 11) is 1.48. The quantitative estimate of drug-likeness (QED) is 0.807. The number of nitrogens with zero attached hydrogens (tertiary/aromatic N) is 2. The number of aromatic nitrogens is 2. The number of ketones is 1. The number of halogens is 1. The molecule has 0 aromatic carbocycles. The van der Waals surface area contributed by atoms with Gasteiger partial charge in [0.25, 0.3) is 0 Å². The van der Waals surface area contributed by atoms with E-state index in [1.807, 2.05) is 0 Å². The molecule has 0 saturated carbocycles. The zero-order valence-electron chi connectivity index (χ0n) is 8.31. The van der Waals surface area contributed by atoms with Crippen LogP contribution in [0.2, 0.25) is 0 Å². The van der Waals surface area contributed by atoms with Gasteiger partial charge in [-0.2, -0.15) is 0 Å². The summed E-state index contributed by atoms with van der Waals surface area (Å²) in [5.41, 5.74) is 0.205. The summed E-state index contributed by atoms with van der Waals surface area (Å²) in [6.45, 7) is 0. The zero-order valence-corrected chi connectivity index (χ0v) is 9.89. The van der Waals surface area contributed by atoms with Gasteiger partial charge in [-0.15, -0.1) is 10.2 Å². The van der Waals surface area contributed by atoms with Crippen molar-refractivity contribution in [3.05, 3.63) is 40.4 Å². The van der Waals surface area contributed by atoms with Crippen LogP contribution in [0.1, 0.15) is 16.2 Å². The molecule has 6 heteroatoms. The lowest BCUT2D eigenvalue weighted by atomic mass is 10.2. The molecule has 0 saturated heterocycles. The van der Waals surface area contributed by atoms with Gasteiger partial charge >= 0.3 is 0 Å². The van der Waals surface area contributed by atoms with Crippen LogP contribution >= 0.6 is 15.9 Å². The first-order valence-corrected chi connectivity index (χ1v) is 5.17. The van der Waals surface area contributed by atoms with E-state index >= 15 is 0 Å². The van der Waals surface area contributed by atoms with Gasteiger partial charge in [0.15, 0.2) is 5.76 Å². The molecule has 0 bridgehead atoms. The average molecular weight is 283 g/mol. The molecule has 16 heavy (non-hydrogen) atoms. The number of carbonyl (C=O) groups is 1. The van der Waals surface area contributed by atoms with Crippen molar-refractivity contribution in [1.82, 2.24) is 10.2 Å². The molecule has 0 aliphatic rings. The standard InChI is InChI=1S/C10H7BrN2O3/c1-15-8-3-2-7(12-13-8)9(14)10-6(11)4-5-16-10/h2-5H,1H3. The molecule has 0 aliphatic carbocycles. The van der Waals surface area contributed by atoms with E-state index in [2.05, 4.69) is 26.1 Å². The summed E-state index contributed by atoms with van der Waals surface area (Å²) in [4.78, 5) is 11.9. The van der Waals surface area contributed by atoms with Gasteiger partial charge in [-0.1, -0.05) is 0 Å². The van der Waals surface area contributed by atoms with Crippen LogP contribution in [-0.4, -0.2) is 23.1 Å². The predicted octanol–water partition coefficient (Wildman–Crippen LogP) is 2.07. The van der Waals surface area contributed by atoms with E-state index in [0.29, 0.717) is 10.4 Å². The van der Waals surface area contributed by atoms with Crippen LogP contribution in [0.25, 0.3) is 0 Å². The smallest absolute Gasteiger partial charge is 0.249 e. The largest absolute Gasteiger partial charge is 0.480 e. The lowest BCUT2D eigenvalue weighted by molar-refractivity contribution is 0.100. The highest BCUT2D eigenvalue weighted by Gasteiger charge is 2.17. The van der Waals surface area contributed by atoms with Crippen molar-refractivity contribution in [2.24, 2.45) is 0 Å². The molecule has 0 aliphatic heterocycles. The topological polar surface area (TPSA) is 65.2 Å². The Morgan fingerprint density at radius 3 is 2.69 bits per heavy atom. The van der Waals surface area contributed by atoms with Gasteiger partial charge in [0.2, 0.25) is 11.7 Å². The van der Waals surface area contributed by atoms with Gasteiger partial charge in [0.1, 0.15) is 5.69 Å². The van der Waals surface area contributed by atoms with Crippen LogP contribution < -0.4 is 4.74 Å². The van der Waals surface area contributed by atoms with E-state index in [1.165, 1.54) is 19.4 Å². The molecule has 82 valence electrons. The van der Waals surface area contributed by atoms with Gasteiger partial charge in [0.05, 0.1) is 17.8 Å². The minimum atomic E-state index is -0.327. The first-order chi connectivity index (χ1) is 7.72. The first-order valence-electron chi connectivity index (χ1n) is 4.38. The van der Waals surface area contributed by atoms with Crippen LogP contribution in [0.15, 0.2) is 33.4 Å². The predicted molar refractivity (Wildman–Crippen MR) is 58.4 cm³/mol. The third-order valence-corrected chi connectivity index (χ3v) is 2.53. The number of rotatable bonds is 3. The fourth-order valence-corrected chi connectivity index (χ4v) is 1.50. The van der Waals surface area contributed by atoms with Gasteiger partial charge < -0.3 is 9.15 Å². The number of hydrogen-bond acceptors (Lipinski definition) is 5. The Bertz CT molecular complexity index is 507. The zero-order chi connectivity index (χ0) is 11.5. The van der Waals surface area contributed by atoms with Crippen LogP contribution in [-0.2, 0) is 0 Å². The molecule has 2 aromatic heterocycles. The molecule has 2 aromatic rings. The maximum atomic E-state index is 11.9. The second-order valence-electron chi connectivity index (χ2n) is 2.89. The van der Waals surface area contributed by atoms with Crippen molar-refractivity contribution in [3.63, 3.8) is 0 Å². The van der Waals surface area contributed by atoms with E-state index in [9.17, 15) is 4.79 Å². The minimum Gasteiger partial charge on any atom is -0.480 e. The normalized spacial score (nSPS) is 10.1. The molecule has 0 spiro atoms. The molecule has 0 unspecified atom stereocenters. The first kappa shape index (κ1) is 10.8. The molecule has 2 rings (SSSR count). The van der Waals surface area contributed by atoms with E-state index in [0.717, 1.165) is 0 Å². The fourth-order valence-electron chi connectivity index (χ4n) is 1.12. The minimum absolute atomic E-state index is 0.205. The van der Waals surface area contributed by atoms with Crippen molar-refractivity contribution < 1.29 is 13.9 Å². The molecule has 2 heterocycles. The highest BCUT2D eigenvalue weighted by atomic mass is 79.9. The van der Waals surface area contributed by atoms with Gasteiger partial charge in [-0.3, -0.25) is 4.79 Å². The summed E-state index contributed by atoms with van der Waals surface area (Å²) < 4.78 is 10.5. The molecule has 0 amide bonds. The third-order valence-electron chi connectivity index (χ3n) is 1.91. The SMILES string of the molecule is COc1ccc(C(=O)c2occc2Br)nn1. The summed E-state index contributed by atoms with van der Waals surface area (Å²) in [6, 6.07) is 4.74. The van der Waals surface area contributed by atoms with Crippen LogP contribution in [0, 0.1) is 0 Å². The fraction of sp³-hybridized carbons (Fsp3) is 0.100. The Labute approximate surface area is 99.6 Å². The lowest BCUT2D eigenvalue weighted by Crippen LogP contribution is -2.05. The number of methoxy groups -OCH3 is 1. The van der Waals surface area contributed by atoms with Crippen molar-refractivity contribution in [2.45, 2.75) is 0 Å². The van der Waals surface area contributed by atoms with Crippen LogP contribution in [0.4, 0.5) is 0 Å². The summed E-state index contributed by atoms with van der Waals surface area (Å²) in [5, 5.41) is 7.45. The van der Waals surface area contributed by atoms with E-state index in [-0.39, 0.29) is 17.2 Å². The maximum absolute atomic E-state index is 11.9. The summed E-state index contributed by atoms with van der Waals surface area (Å²) in [6.07, 6.45) is 1.42. The number of carbonyl (C=O) groups excluding carboxylic acids is 1. The number of furan rings is 1. The Balaban J connectivity index is 2.31. The molecular formula is C10H7BrN2O3. The van der Waals surface area contributed by atoms with Crippen LogP contribution in [0.3, 0.4) is 0 Å². The number of ether oxygens (including phenoxy) is 1. The molecule has 0 N–H and O–H groups in total. The van der Waals surface area contributed by atoms with Crippen molar-refractivity contribution in [2.75, 3.05) is 7.11 Å². The van der Waals surface area contributed by atoms with E-state index in [4.69, 9.17) is 9.15 Å². The monoisotopic (exact) mass is 282 g/mol. The Kier molecular flexibility index (Phi) is 3.00. The summed E-state index contributed by atoms with van der Waals surface area (Å²) >= 11 is 3.20. The third kappa shape index (κ3) is 1.96. The van der Waals surface area contributed by atoms with E-state index in [1.54, 1.807) is 12.1 Å². The molecule has 0 atom stereocenters. The number of hydrogen-bond donors (Lipinski definition) is 0. The molecular weight excluding hydrogens is 276 g/mol. The van der Waals surface area contributed by atoms with Crippen LogP contribution in [0.5, 0.6) is 5.88 Å². The Morgan fingerprint density at radius 1 is 1.38 bits per heavy atom. The van der Waals surface area contributed by atoms with Crippen molar-refractivity contribution in [1.29, 1.82) is 0 Å². The Morgan fingerprint density at radius 2 is 2.19 bits per heavy atom. The maximum Gasteiger partial charge on any atom is 0.249 e. The highest BCUT2D eigenvalue weighted by molar-refractivity contribution is 9.10. The van der Waals surface area contributed by atoms with Gasteiger partial charge in [0, 0.05) is 6.07 Å². The van der Waals surface area contributed by atoms with Gasteiger partial charge in [-0.25, -0.2) is 0 Å². The Hall–Kier alpha value is -1.69. The van der Waals surface area contributed by atoms with Gasteiger partial charge in [-0.05, 0) is 28.1 Å². The molecule has 5 nitrogen and oxygen atoms in total. The van der Waals surface area contributed by atoms with Crippen molar-refractivity contribution >= 4 is 21.7 Å². The molecule has 0 radical (unpaired) electrons. The second kappa shape index (κ2) is 4.44. The highest BCUT2D eigenvalue weighted by Crippen LogP contribution is 2.20. The second-order valence-corrected chi connectivity index (χ2v) is 3.74. The lowest BCUT2D eigenvalue weighted by Gasteiger charge is -1.99. The molecule has 0 fully saturated rings. The summed E-state index contributed by atoms with van der Waals surface area (Å²) in [5.74, 6) is 0.238. The average Bonchev–Trinajstić information content (AvgIpc) is 2.75. The van der Waals surface area contributed by atoms with E-state index < -0.39 is 0 Å².